The summed E-state index contributed by atoms with van der Waals surface area (Å²) in [7, 11) is 0. The minimum atomic E-state index is 0.629. The molecule has 18 heavy (non-hydrogen) atoms. The fourth-order valence-corrected chi connectivity index (χ4v) is 2.41. The molecule has 90 valence electrons. The third-order valence-electron chi connectivity index (χ3n) is 2.56. The summed E-state index contributed by atoms with van der Waals surface area (Å²) in [6, 6.07) is 13.7. The zero-order chi connectivity index (χ0) is 13.1. The summed E-state index contributed by atoms with van der Waals surface area (Å²) in [4.78, 5) is 0. The first-order valence-corrected chi connectivity index (χ1v) is 6.92. The largest absolute Gasteiger partial charge is 0.355 e. The molecule has 0 atom stereocenters. The van der Waals surface area contributed by atoms with Crippen molar-refractivity contribution in [2.75, 3.05) is 5.32 Å². The molecule has 0 aromatic heterocycles. The lowest BCUT2D eigenvalue weighted by Gasteiger charge is -2.10. The van der Waals surface area contributed by atoms with Crippen molar-refractivity contribution in [3.63, 3.8) is 0 Å². The predicted molar refractivity (Wildman–Crippen MR) is 81.0 cm³/mol. The molecular formula is C14H10Br2N2. The Morgan fingerprint density at radius 1 is 1.17 bits per heavy atom. The molecule has 2 aromatic carbocycles. The molecule has 0 radical (unpaired) electrons. The van der Waals surface area contributed by atoms with E-state index in [-0.39, 0.29) is 0 Å². The van der Waals surface area contributed by atoms with Crippen LogP contribution in [0, 0.1) is 18.3 Å². The van der Waals surface area contributed by atoms with Crippen molar-refractivity contribution in [1.82, 2.24) is 0 Å². The first-order valence-electron chi connectivity index (χ1n) is 5.33. The number of hydrogen-bond acceptors (Lipinski definition) is 2. The summed E-state index contributed by atoms with van der Waals surface area (Å²) in [5.41, 5.74) is 3.75. The van der Waals surface area contributed by atoms with Gasteiger partial charge in [-0.15, -0.1) is 0 Å². The second-order valence-electron chi connectivity index (χ2n) is 3.87. The fourth-order valence-electron chi connectivity index (χ4n) is 1.58. The third kappa shape index (κ3) is 2.74. The van der Waals surface area contributed by atoms with Crippen molar-refractivity contribution in [3.8, 4) is 6.07 Å². The highest BCUT2D eigenvalue weighted by Crippen LogP contribution is 2.30. The molecule has 0 aliphatic heterocycles. The van der Waals surface area contributed by atoms with E-state index >= 15 is 0 Å². The highest BCUT2D eigenvalue weighted by atomic mass is 79.9. The number of nitrogens with zero attached hydrogens (tertiary/aromatic N) is 1. The summed E-state index contributed by atoms with van der Waals surface area (Å²) in [5, 5.41) is 12.2. The molecular weight excluding hydrogens is 356 g/mol. The number of hydrogen-bond donors (Lipinski definition) is 1. The van der Waals surface area contributed by atoms with Crippen LogP contribution in [-0.4, -0.2) is 0 Å². The SMILES string of the molecule is Cc1cccc(Nc2ccc(C#N)c(Br)c2)c1Br. The van der Waals surface area contributed by atoms with E-state index in [1.807, 2.05) is 37.3 Å². The second kappa shape index (κ2) is 5.55. The average Bonchev–Trinajstić information content (AvgIpc) is 2.35. The molecule has 2 rings (SSSR count). The highest BCUT2D eigenvalue weighted by Gasteiger charge is 2.04. The van der Waals surface area contributed by atoms with Crippen LogP contribution in [0.2, 0.25) is 0 Å². The lowest BCUT2D eigenvalue weighted by Crippen LogP contribution is -1.93. The van der Waals surface area contributed by atoms with Crippen LogP contribution in [0.15, 0.2) is 45.3 Å². The van der Waals surface area contributed by atoms with Crippen molar-refractivity contribution in [3.05, 3.63) is 56.5 Å². The number of rotatable bonds is 2. The van der Waals surface area contributed by atoms with E-state index < -0.39 is 0 Å². The normalized spacial score (nSPS) is 9.89. The Morgan fingerprint density at radius 2 is 1.94 bits per heavy atom. The van der Waals surface area contributed by atoms with E-state index in [4.69, 9.17) is 5.26 Å². The number of halogens is 2. The topological polar surface area (TPSA) is 35.8 Å². The molecule has 0 aliphatic rings. The van der Waals surface area contributed by atoms with E-state index in [1.165, 1.54) is 5.56 Å². The quantitative estimate of drug-likeness (QED) is 0.800. The number of nitrogens with one attached hydrogen (secondary N) is 1. The first-order chi connectivity index (χ1) is 8.61. The molecule has 0 amide bonds. The Bertz CT molecular complexity index is 630. The summed E-state index contributed by atoms with van der Waals surface area (Å²) < 4.78 is 1.84. The predicted octanol–water partition coefficient (Wildman–Crippen LogP) is 5.14. The van der Waals surface area contributed by atoms with Gasteiger partial charge in [0.15, 0.2) is 0 Å². The van der Waals surface area contributed by atoms with Crippen LogP contribution in [0.3, 0.4) is 0 Å². The van der Waals surface area contributed by atoms with E-state index in [1.54, 1.807) is 6.07 Å². The molecule has 0 unspecified atom stereocenters. The maximum atomic E-state index is 8.87. The summed E-state index contributed by atoms with van der Waals surface area (Å²) >= 11 is 6.94. The molecule has 0 spiro atoms. The monoisotopic (exact) mass is 364 g/mol. The van der Waals surface area contributed by atoms with Gasteiger partial charge in [0.25, 0.3) is 0 Å². The zero-order valence-electron chi connectivity index (χ0n) is 9.67. The lowest BCUT2D eigenvalue weighted by atomic mass is 10.2. The smallest absolute Gasteiger partial charge is 0.100 e. The Balaban J connectivity index is 2.32. The molecule has 2 nitrogen and oxygen atoms in total. The van der Waals surface area contributed by atoms with E-state index in [2.05, 4.69) is 43.2 Å². The Morgan fingerprint density at radius 3 is 2.61 bits per heavy atom. The van der Waals surface area contributed by atoms with Crippen LogP contribution in [0.4, 0.5) is 11.4 Å². The van der Waals surface area contributed by atoms with Crippen molar-refractivity contribution in [2.24, 2.45) is 0 Å². The number of benzene rings is 2. The van der Waals surface area contributed by atoms with Crippen LogP contribution < -0.4 is 5.32 Å². The van der Waals surface area contributed by atoms with Gasteiger partial charge in [0, 0.05) is 14.6 Å². The standard InChI is InChI=1S/C14H10Br2N2/c1-9-3-2-4-13(14(9)16)18-11-6-5-10(8-17)12(15)7-11/h2-7,18H,1H3. The first kappa shape index (κ1) is 13.1. The van der Waals surface area contributed by atoms with Gasteiger partial charge in [0.1, 0.15) is 6.07 Å². The molecule has 0 aliphatic carbocycles. The maximum Gasteiger partial charge on any atom is 0.100 e. The van der Waals surface area contributed by atoms with Gasteiger partial charge in [0.05, 0.1) is 11.3 Å². The fraction of sp³-hybridized carbons (Fsp3) is 0.0714. The van der Waals surface area contributed by atoms with Crippen LogP contribution in [-0.2, 0) is 0 Å². The molecule has 0 fully saturated rings. The van der Waals surface area contributed by atoms with Gasteiger partial charge in [-0.05, 0) is 68.6 Å². The van der Waals surface area contributed by atoms with Crippen molar-refractivity contribution < 1.29 is 0 Å². The Labute approximate surface area is 123 Å². The van der Waals surface area contributed by atoms with Crippen molar-refractivity contribution in [2.45, 2.75) is 6.92 Å². The van der Waals surface area contributed by atoms with Gasteiger partial charge in [0.2, 0.25) is 0 Å². The van der Waals surface area contributed by atoms with Crippen molar-refractivity contribution >= 4 is 43.2 Å². The Kier molecular flexibility index (Phi) is 4.05. The molecule has 0 bridgehead atoms. The van der Waals surface area contributed by atoms with Gasteiger partial charge in [-0.25, -0.2) is 0 Å². The minimum Gasteiger partial charge on any atom is -0.355 e. The summed E-state index contributed by atoms with van der Waals surface area (Å²) in [6.45, 7) is 2.05. The van der Waals surface area contributed by atoms with Gasteiger partial charge in [-0.1, -0.05) is 12.1 Å². The van der Waals surface area contributed by atoms with Gasteiger partial charge >= 0.3 is 0 Å². The highest BCUT2D eigenvalue weighted by molar-refractivity contribution is 9.11. The minimum absolute atomic E-state index is 0.629. The van der Waals surface area contributed by atoms with Gasteiger partial charge < -0.3 is 5.32 Å². The second-order valence-corrected chi connectivity index (χ2v) is 5.52. The Hall–Kier alpha value is -1.31. The van der Waals surface area contributed by atoms with E-state index in [9.17, 15) is 0 Å². The van der Waals surface area contributed by atoms with E-state index in [0.29, 0.717) is 5.56 Å². The molecule has 0 heterocycles. The molecule has 0 saturated carbocycles. The van der Waals surface area contributed by atoms with Crippen molar-refractivity contribution in [1.29, 1.82) is 5.26 Å². The molecule has 0 saturated heterocycles. The molecule has 1 N–H and O–H groups in total. The maximum absolute atomic E-state index is 8.87. The zero-order valence-corrected chi connectivity index (χ0v) is 12.8. The van der Waals surface area contributed by atoms with Gasteiger partial charge in [-0.3, -0.25) is 0 Å². The average molecular weight is 366 g/mol. The number of anilines is 2. The molecule has 2 aromatic rings. The van der Waals surface area contributed by atoms with Crippen LogP contribution in [0.25, 0.3) is 0 Å². The van der Waals surface area contributed by atoms with Crippen LogP contribution >= 0.6 is 31.9 Å². The summed E-state index contributed by atoms with van der Waals surface area (Å²) in [6.07, 6.45) is 0. The third-order valence-corrected chi connectivity index (χ3v) is 4.27. The van der Waals surface area contributed by atoms with Crippen LogP contribution in [0.1, 0.15) is 11.1 Å². The van der Waals surface area contributed by atoms with Crippen LogP contribution in [0.5, 0.6) is 0 Å². The van der Waals surface area contributed by atoms with E-state index in [0.717, 1.165) is 20.3 Å². The lowest BCUT2D eigenvalue weighted by molar-refractivity contribution is 1.40. The molecule has 4 heteroatoms. The van der Waals surface area contributed by atoms with Gasteiger partial charge in [-0.2, -0.15) is 5.26 Å². The number of nitriles is 1. The number of aryl methyl sites for hydroxylation is 1. The summed E-state index contributed by atoms with van der Waals surface area (Å²) in [5.74, 6) is 0.